The predicted octanol–water partition coefficient (Wildman–Crippen LogP) is 1.80. The molecule has 1 amide bonds. The van der Waals surface area contributed by atoms with Gasteiger partial charge in [-0.3, -0.25) is 4.90 Å². The Hall–Kier alpha value is -2.06. The summed E-state index contributed by atoms with van der Waals surface area (Å²) >= 11 is 0. The predicted molar refractivity (Wildman–Crippen MR) is 63.7 cm³/mol. The quantitative estimate of drug-likeness (QED) is 0.603. The molecule has 1 heterocycles. The minimum absolute atomic E-state index is 0.185. The summed E-state index contributed by atoms with van der Waals surface area (Å²) in [7, 11) is 0. The van der Waals surface area contributed by atoms with E-state index < -0.39 is 6.09 Å². The third-order valence-electron chi connectivity index (χ3n) is 2.50. The van der Waals surface area contributed by atoms with Gasteiger partial charge in [-0.15, -0.1) is 6.42 Å². The van der Waals surface area contributed by atoms with Crippen LogP contribution in [0.25, 0.3) is 0 Å². The van der Waals surface area contributed by atoms with Gasteiger partial charge in [-0.2, -0.15) is 0 Å². The second-order valence-corrected chi connectivity index (χ2v) is 3.81. The Balaban J connectivity index is 1.97. The molecule has 0 N–H and O–H groups in total. The number of nitrogens with zero attached hydrogens (tertiary/aromatic N) is 1. The number of benzene rings is 1. The molecule has 94 valence electrons. The van der Waals surface area contributed by atoms with Crippen molar-refractivity contribution in [3.05, 3.63) is 30.1 Å². The molecule has 1 aromatic rings. The number of cyclic esters (lactones) is 1. The molecule has 0 bridgehead atoms. The Kier molecular flexibility index (Phi) is 3.80. The molecule has 0 saturated carbocycles. The molecule has 1 aliphatic rings. The highest BCUT2D eigenvalue weighted by Gasteiger charge is 2.32. The van der Waals surface area contributed by atoms with E-state index in [9.17, 15) is 9.18 Å². The van der Waals surface area contributed by atoms with Crippen LogP contribution >= 0.6 is 0 Å². The first-order valence-corrected chi connectivity index (χ1v) is 5.45. The van der Waals surface area contributed by atoms with Crippen molar-refractivity contribution >= 4 is 11.8 Å². The number of carbonyl (C=O) groups excluding carboxylic acids is 1. The molecule has 0 aliphatic carbocycles. The highest BCUT2D eigenvalue weighted by molar-refractivity contribution is 5.89. The summed E-state index contributed by atoms with van der Waals surface area (Å²) < 4.78 is 23.0. The van der Waals surface area contributed by atoms with Crippen molar-refractivity contribution in [1.29, 1.82) is 0 Å². The van der Waals surface area contributed by atoms with Crippen LogP contribution in [0.4, 0.5) is 14.9 Å². The number of halogens is 1. The molecule has 1 saturated heterocycles. The number of rotatable bonds is 4. The number of hydrogen-bond acceptors (Lipinski definition) is 3. The van der Waals surface area contributed by atoms with Crippen molar-refractivity contribution in [1.82, 2.24) is 0 Å². The molecular weight excluding hydrogens is 237 g/mol. The maximum atomic E-state index is 12.8. The molecule has 0 radical (unpaired) electrons. The fourth-order valence-corrected chi connectivity index (χ4v) is 1.69. The number of amides is 1. The fourth-order valence-electron chi connectivity index (χ4n) is 1.69. The summed E-state index contributed by atoms with van der Waals surface area (Å²) in [5, 5.41) is 0. The first-order chi connectivity index (χ1) is 8.70. The smallest absolute Gasteiger partial charge is 0.414 e. The van der Waals surface area contributed by atoms with Crippen LogP contribution in [0.15, 0.2) is 24.3 Å². The van der Waals surface area contributed by atoms with Crippen LogP contribution in [-0.4, -0.2) is 32.0 Å². The molecule has 1 aliphatic heterocycles. The number of hydrogen-bond donors (Lipinski definition) is 0. The average Bonchev–Trinajstić information content (AvgIpc) is 2.72. The molecule has 18 heavy (non-hydrogen) atoms. The minimum Gasteiger partial charge on any atom is -0.441 e. The number of terminal acetylenes is 1. The summed E-state index contributed by atoms with van der Waals surface area (Å²) in [5.74, 6) is 1.99. The molecular formula is C13H12FNO3. The van der Waals surface area contributed by atoms with Crippen LogP contribution in [-0.2, 0) is 9.47 Å². The maximum absolute atomic E-state index is 12.8. The SMILES string of the molecule is C#CCOCC1CN(c2ccc(F)cc2)C(=O)O1. The summed E-state index contributed by atoms with van der Waals surface area (Å²) in [4.78, 5) is 13.1. The van der Waals surface area contributed by atoms with Crippen LogP contribution in [0, 0.1) is 18.2 Å². The van der Waals surface area contributed by atoms with Crippen molar-refractivity contribution in [2.45, 2.75) is 6.10 Å². The number of anilines is 1. The molecule has 4 nitrogen and oxygen atoms in total. The average molecular weight is 249 g/mol. The van der Waals surface area contributed by atoms with Gasteiger partial charge in [0.1, 0.15) is 18.5 Å². The topological polar surface area (TPSA) is 38.8 Å². The molecule has 1 fully saturated rings. The van der Waals surface area contributed by atoms with Gasteiger partial charge in [-0.25, -0.2) is 9.18 Å². The van der Waals surface area contributed by atoms with Crippen molar-refractivity contribution in [3.8, 4) is 12.3 Å². The van der Waals surface area contributed by atoms with E-state index in [1.165, 1.54) is 29.2 Å². The van der Waals surface area contributed by atoms with E-state index in [0.717, 1.165) is 0 Å². The van der Waals surface area contributed by atoms with E-state index in [4.69, 9.17) is 15.9 Å². The van der Waals surface area contributed by atoms with Crippen LogP contribution in [0.2, 0.25) is 0 Å². The first kappa shape index (κ1) is 12.4. The largest absolute Gasteiger partial charge is 0.441 e. The van der Waals surface area contributed by atoms with Crippen molar-refractivity contribution in [2.75, 3.05) is 24.7 Å². The monoisotopic (exact) mass is 249 g/mol. The molecule has 1 atom stereocenters. The van der Waals surface area contributed by atoms with Crippen molar-refractivity contribution in [2.24, 2.45) is 0 Å². The first-order valence-electron chi connectivity index (χ1n) is 5.45. The Morgan fingerprint density at radius 1 is 1.50 bits per heavy atom. The summed E-state index contributed by atoms with van der Waals surface area (Å²) in [5.41, 5.74) is 0.598. The fraction of sp³-hybridized carbons (Fsp3) is 0.308. The lowest BCUT2D eigenvalue weighted by Gasteiger charge is -2.12. The Morgan fingerprint density at radius 3 is 2.89 bits per heavy atom. The molecule has 1 aromatic carbocycles. The third kappa shape index (κ3) is 2.79. The highest BCUT2D eigenvalue weighted by atomic mass is 19.1. The molecule has 0 aromatic heterocycles. The Morgan fingerprint density at radius 2 is 2.22 bits per heavy atom. The second-order valence-electron chi connectivity index (χ2n) is 3.81. The number of carbonyl (C=O) groups is 1. The van der Waals surface area contributed by atoms with Gasteiger partial charge < -0.3 is 9.47 Å². The van der Waals surface area contributed by atoms with Crippen LogP contribution in [0.1, 0.15) is 0 Å². The highest BCUT2D eigenvalue weighted by Crippen LogP contribution is 2.21. The van der Waals surface area contributed by atoms with E-state index in [-0.39, 0.29) is 25.1 Å². The van der Waals surface area contributed by atoms with Gasteiger partial charge >= 0.3 is 6.09 Å². The van der Waals surface area contributed by atoms with Gasteiger partial charge in [0.2, 0.25) is 0 Å². The summed E-state index contributed by atoms with van der Waals surface area (Å²) in [6.45, 7) is 0.813. The van der Waals surface area contributed by atoms with E-state index in [0.29, 0.717) is 12.2 Å². The molecule has 1 unspecified atom stereocenters. The maximum Gasteiger partial charge on any atom is 0.414 e. The van der Waals surface area contributed by atoms with Crippen molar-refractivity contribution < 1.29 is 18.7 Å². The van der Waals surface area contributed by atoms with Gasteiger partial charge in [-0.05, 0) is 24.3 Å². The zero-order valence-electron chi connectivity index (χ0n) is 9.64. The summed E-state index contributed by atoms with van der Waals surface area (Å²) in [6.07, 6.45) is 4.23. The zero-order chi connectivity index (χ0) is 13.0. The molecule has 2 rings (SSSR count). The number of ether oxygens (including phenoxy) is 2. The van der Waals surface area contributed by atoms with Crippen LogP contribution in [0.5, 0.6) is 0 Å². The van der Waals surface area contributed by atoms with Gasteiger partial charge in [0.05, 0.1) is 13.2 Å². The lowest BCUT2D eigenvalue weighted by atomic mass is 10.2. The van der Waals surface area contributed by atoms with Crippen molar-refractivity contribution in [3.63, 3.8) is 0 Å². The van der Waals surface area contributed by atoms with E-state index >= 15 is 0 Å². The lowest BCUT2D eigenvalue weighted by Crippen LogP contribution is -2.25. The minimum atomic E-state index is -0.462. The normalized spacial score (nSPS) is 18.6. The molecule has 0 spiro atoms. The zero-order valence-corrected chi connectivity index (χ0v) is 9.64. The Labute approximate surface area is 104 Å². The third-order valence-corrected chi connectivity index (χ3v) is 2.50. The lowest BCUT2D eigenvalue weighted by molar-refractivity contribution is 0.0598. The summed E-state index contributed by atoms with van der Waals surface area (Å²) in [6, 6.07) is 5.65. The molecule has 5 heteroatoms. The van der Waals surface area contributed by atoms with Gasteiger partial charge in [0.25, 0.3) is 0 Å². The van der Waals surface area contributed by atoms with Crippen LogP contribution in [0.3, 0.4) is 0 Å². The standard InChI is InChI=1S/C13H12FNO3/c1-2-7-17-9-12-8-15(13(16)18-12)11-5-3-10(14)4-6-11/h1,3-6,12H,7-9H2. The Bertz CT molecular complexity index is 466. The second kappa shape index (κ2) is 5.52. The van der Waals surface area contributed by atoms with E-state index in [1.807, 2.05) is 0 Å². The van der Waals surface area contributed by atoms with E-state index in [2.05, 4.69) is 5.92 Å². The van der Waals surface area contributed by atoms with Gasteiger partial charge in [0.15, 0.2) is 0 Å². The van der Waals surface area contributed by atoms with E-state index in [1.54, 1.807) is 0 Å². The van der Waals surface area contributed by atoms with Gasteiger partial charge in [-0.1, -0.05) is 5.92 Å². The van der Waals surface area contributed by atoms with Gasteiger partial charge in [0, 0.05) is 5.69 Å². The van der Waals surface area contributed by atoms with Crippen LogP contribution < -0.4 is 4.90 Å².